The van der Waals surface area contributed by atoms with Gasteiger partial charge in [0.1, 0.15) is 0 Å². The number of nitrogens with zero attached hydrogens (tertiary/aromatic N) is 1. The van der Waals surface area contributed by atoms with Gasteiger partial charge in [0.2, 0.25) is 0 Å². The first kappa shape index (κ1) is 19.5. The topological polar surface area (TPSA) is 69.3 Å². The van der Waals surface area contributed by atoms with Crippen molar-refractivity contribution in [2.24, 2.45) is 11.8 Å². The SMILES string of the molecule is COC(=O)C1=COC(C)C2CN3CCC4(CNc5c4ccc(OC)c5OC)C3CC12. The molecular formula is C23H30N2O5. The summed E-state index contributed by atoms with van der Waals surface area (Å²) in [6.45, 7) is 4.97. The van der Waals surface area contributed by atoms with Crippen molar-refractivity contribution in [1.82, 2.24) is 4.90 Å². The maximum atomic E-state index is 12.5. The molecule has 0 bridgehead atoms. The fraction of sp³-hybridized carbons (Fsp3) is 0.609. The minimum absolute atomic E-state index is 0.00261. The fourth-order valence-electron chi connectivity index (χ4n) is 6.32. The number of benzene rings is 1. The lowest BCUT2D eigenvalue weighted by Gasteiger charge is -2.48. The summed E-state index contributed by atoms with van der Waals surface area (Å²) in [7, 11) is 4.80. The Hall–Kier alpha value is -2.41. The van der Waals surface area contributed by atoms with E-state index >= 15 is 0 Å². The molecule has 30 heavy (non-hydrogen) atoms. The molecule has 1 aromatic carbocycles. The van der Waals surface area contributed by atoms with Gasteiger partial charge in [-0.2, -0.15) is 0 Å². The summed E-state index contributed by atoms with van der Waals surface area (Å²) < 4.78 is 22.1. The van der Waals surface area contributed by atoms with Gasteiger partial charge in [0.25, 0.3) is 0 Å². The average Bonchev–Trinajstić information content (AvgIpc) is 3.33. The third kappa shape index (κ3) is 2.57. The number of esters is 1. The Morgan fingerprint density at radius 3 is 2.83 bits per heavy atom. The molecule has 2 fully saturated rings. The fourth-order valence-corrected chi connectivity index (χ4v) is 6.32. The summed E-state index contributed by atoms with van der Waals surface area (Å²) in [6, 6.07) is 4.55. The molecule has 5 unspecified atom stereocenters. The van der Waals surface area contributed by atoms with Gasteiger partial charge in [-0.3, -0.25) is 4.90 Å². The quantitative estimate of drug-likeness (QED) is 0.763. The van der Waals surface area contributed by atoms with E-state index < -0.39 is 0 Å². The van der Waals surface area contributed by atoms with Crippen molar-refractivity contribution in [2.45, 2.75) is 37.3 Å². The molecule has 0 saturated carbocycles. The number of ether oxygens (including phenoxy) is 4. The van der Waals surface area contributed by atoms with E-state index in [1.54, 1.807) is 20.5 Å². The number of anilines is 1. The van der Waals surface area contributed by atoms with Crippen LogP contribution in [0.3, 0.4) is 0 Å². The number of carbonyl (C=O) groups is 1. The van der Waals surface area contributed by atoms with Crippen LogP contribution in [0.1, 0.15) is 25.3 Å². The third-order valence-corrected chi connectivity index (χ3v) is 7.86. The number of piperidine rings is 1. The predicted molar refractivity (Wildman–Crippen MR) is 112 cm³/mol. The number of hydrogen-bond donors (Lipinski definition) is 1. The first-order valence-corrected chi connectivity index (χ1v) is 10.7. The monoisotopic (exact) mass is 414 g/mol. The van der Waals surface area contributed by atoms with Crippen LogP contribution in [0.25, 0.3) is 0 Å². The summed E-state index contributed by atoms with van der Waals surface area (Å²) in [5.41, 5.74) is 3.03. The molecule has 1 spiro atoms. The molecule has 0 amide bonds. The highest BCUT2D eigenvalue weighted by Gasteiger charge is 2.57. The molecular weight excluding hydrogens is 384 g/mol. The maximum absolute atomic E-state index is 12.5. The summed E-state index contributed by atoms with van der Waals surface area (Å²) in [5.74, 6) is 1.70. The Balaban J connectivity index is 1.53. The molecule has 5 rings (SSSR count). The maximum Gasteiger partial charge on any atom is 0.337 e. The molecule has 0 radical (unpaired) electrons. The minimum Gasteiger partial charge on any atom is -0.497 e. The molecule has 0 aliphatic carbocycles. The highest BCUT2D eigenvalue weighted by atomic mass is 16.5. The zero-order chi connectivity index (χ0) is 21.0. The minimum atomic E-state index is -0.270. The zero-order valence-corrected chi connectivity index (χ0v) is 18.1. The standard InChI is InChI=1S/C23H30N2O5/c1-13-15-10-25-8-7-23(19(25)9-14(15)16(11-30-13)22(26)29-4)12-24-20-17(23)5-6-18(27-2)21(20)28-3/h5-6,11,13-15,19,24H,7-10,12H2,1-4H3. The van der Waals surface area contributed by atoms with E-state index in [9.17, 15) is 4.79 Å². The van der Waals surface area contributed by atoms with Crippen LogP contribution in [0.2, 0.25) is 0 Å². The summed E-state index contributed by atoms with van der Waals surface area (Å²) in [4.78, 5) is 15.1. The van der Waals surface area contributed by atoms with E-state index in [-0.39, 0.29) is 23.4 Å². The van der Waals surface area contributed by atoms with E-state index in [1.807, 2.05) is 6.07 Å². The molecule has 4 aliphatic heterocycles. The Morgan fingerprint density at radius 2 is 2.10 bits per heavy atom. The van der Waals surface area contributed by atoms with Crippen molar-refractivity contribution >= 4 is 11.7 Å². The second-order valence-corrected chi connectivity index (χ2v) is 8.91. The van der Waals surface area contributed by atoms with E-state index in [4.69, 9.17) is 18.9 Å². The Kier molecular flexibility index (Phi) is 4.61. The van der Waals surface area contributed by atoms with Gasteiger partial charge in [-0.1, -0.05) is 6.07 Å². The molecule has 1 aromatic rings. The lowest BCUT2D eigenvalue weighted by atomic mass is 9.67. The smallest absolute Gasteiger partial charge is 0.337 e. The van der Waals surface area contributed by atoms with Crippen molar-refractivity contribution in [3.63, 3.8) is 0 Å². The molecule has 4 heterocycles. The van der Waals surface area contributed by atoms with E-state index in [0.29, 0.717) is 17.5 Å². The van der Waals surface area contributed by atoms with Crippen LogP contribution in [0, 0.1) is 11.8 Å². The van der Waals surface area contributed by atoms with Gasteiger partial charge in [-0.05, 0) is 37.9 Å². The predicted octanol–water partition coefficient (Wildman–Crippen LogP) is 2.55. The van der Waals surface area contributed by atoms with Gasteiger partial charge in [-0.15, -0.1) is 0 Å². The summed E-state index contributed by atoms with van der Waals surface area (Å²) >= 11 is 0. The van der Waals surface area contributed by atoms with Crippen molar-refractivity contribution in [1.29, 1.82) is 0 Å². The number of rotatable bonds is 3. The van der Waals surface area contributed by atoms with Gasteiger partial charge in [-0.25, -0.2) is 4.79 Å². The second-order valence-electron chi connectivity index (χ2n) is 8.91. The number of methoxy groups -OCH3 is 3. The zero-order valence-electron chi connectivity index (χ0n) is 18.1. The molecule has 2 saturated heterocycles. The van der Waals surface area contributed by atoms with E-state index in [2.05, 4.69) is 23.2 Å². The van der Waals surface area contributed by atoms with Crippen molar-refractivity contribution in [3.8, 4) is 11.5 Å². The number of hydrogen-bond acceptors (Lipinski definition) is 7. The molecule has 0 aromatic heterocycles. The van der Waals surface area contributed by atoms with Crippen LogP contribution in [-0.2, 0) is 19.7 Å². The molecule has 7 heteroatoms. The Bertz CT molecular complexity index is 900. The van der Waals surface area contributed by atoms with Crippen LogP contribution in [0.15, 0.2) is 24.0 Å². The highest BCUT2D eigenvalue weighted by molar-refractivity contribution is 5.89. The number of nitrogens with one attached hydrogen (secondary N) is 1. The van der Waals surface area contributed by atoms with Crippen LogP contribution in [0.4, 0.5) is 5.69 Å². The van der Waals surface area contributed by atoms with Crippen LogP contribution in [-0.4, -0.2) is 64.0 Å². The molecule has 162 valence electrons. The largest absolute Gasteiger partial charge is 0.497 e. The molecule has 5 atom stereocenters. The Morgan fingerprint density at radius 1 is 1.27 bits per heavy atom. The molecule has 4 aliphatic rings. The first-order chi connectivity index (χ1) is 14.5. The average molecular weight is 415 g/mol. The number of carbonyl (C=O) groups excluding carboxylic acids is 1. The van der Waals surface area contributed by atoms with E-state index in [0.717, 1.165) is 49.7 Å². The summed E-state index contributed by atoms with van der Waals surface area (Å²) in [6.07, 6.45) is 3.75. The Labute approximate surface area is 177 Å². The van der Waals surface area contributed by atoms with Gasteiger partial charge >= 0.3 is 5.97 Å². The molecule has 1 N–H and O–H groups in total. The molecule has 7 nitrogen and oxygen atoms in total. The van der Waals surface area contributed by atoms with Gasteiger partial charge in [0, 0.05) is 36.4 Å². The van der Waals surface area contributed by atoms with Crippen molar-refractivity contribution < 1.29 is 23.7 Å². The van der Waals surface area contributed by atoms with E-state index in [1.165, 1.54) is 12.7 Å². The van der Waals surface area contributed by atoms with Crippen molar-refractivity contribution in [2.75, 3.05) is 46.3 Å². The third-order valence-electron chi connectivity index (χ3n) is 7.86. The highest BCUT2D eigenvalue weighted by Crippen LogP contribution is 2.56. The summed E-state index contributed by atoms with van der Waals surface area (Å²) in [5, 5.41) is 3.62. The van der Waals surface area contributed by atoms with Gasteiger partial charge in [0.15, 0.2) is 11.5 Å². The second kappa shape index (κ2) is 7.08. The van der Waals surface area contributed by atoms with Crippen LogP contribution < -0.4 is 14.8 Å². The van der Waals surface area contributed by atoms with Crippen molar-refractivity contribution in [3.05, 3.63) is 29.5 Å². The van der Waals surface area contributed by atoms with Gasteiger partial charge in [0.05, 0.1) is 45.0 Å². The lowest BCUT2D eigenvalue weighted by Crippen LogP contribution is -2.55. The lowest BCUT2D eigenvalue weighted by molar-refractivity contribution is -0.139. The first-order valence-electron chi connectivity index (χ1n) is 10.7. The number of fused-ring (bicyclic) bond motifs is 5. The van der Waals surface area contributed by atoms with Crippen LogP contribution >= 0.6 is 0 Å². The normalized spacial score (nSPS) is 34.2. The van der Waals surface area contributed by atoms with Gasteiger partial charge < -0.3 is 24.3 Å². The van der Waals surface area contributed by atoms with Crippen LogP contribution in [0.5, 0.6) is 11.5 Å².